The minimum Gasteiger partial charge on any atom is -0.466 e. The van der Waals surface area contributed by atoms with Gasteiger partial charge in [-0.15, -0.1) is 0 Å². The predicted molar refractivity (Wildman–Crippen MR) is 74.4 cm³/mol. The SMILES string of the molecule is CCOC(=O)Cc1ccc(Cn2ccccc2=O)nc1. The Labute approximate surface area is 116 Å². The molecule has 0 N–H and O–H groups in total. The van der Waals surface area contributed by atoms with Crippen LogP contribution in [0.25, 0.3) is 0 Å². The van der Waals surface area contributed by atoms with E-state index < -0.39 is 0 Å². The van der Waals surface area contributed by atoms with Gasteiger partial charge in [0.2, 0.25) is 0 Å². The van der Waals surface area contributed by atoms with E-state index in [1.54, 1.807) is 36.0 Å². The first-order valence-corrected chi connectivity index (χ1v) is 6.44. The highest BCUT2D eigenvalue weighted by Gasteiger charge is 2.05. The zero-order valence-corrected chi connectivity index (χ0v) is 11.3. The minimum atomic E-state index is -0.263. The average molecular weight is 272 g/mol. The maximum Gasteiger partial charge on any atom is 0.310 e. The van der Waals surface area contributed by atoms with Crippen LogP contribution < -0.4 is 5.56 Å². The van der Waals surface area contributed by atoms with Gasteiger partial charge in [0.15, 0.2) is 0 Å². The highest BCUT2D eigenvalue weighted by Crippen LogP contribution is 2.03. The van der Waals surface area contributed by atoms with Crippen LogP contribution >= 0.6 is 0 Å². The number of carbonyl (C=O) groups is 1. The van der Waals surface area contributed by atoms with Gasteiger partial charge in [0, 0.05) is 18.5 Å². The Morgan fingerprint density at radius 3 is 2.80 bits per heavy atom. The molecule has 0 bridgehead atoms. The fourth-order valence-electron chi connectivity index (χ4n) is 1.80. The number of ether oxygens (including phenoxy) is 1. The summed E-state index contributed by atoms with van der Waals surface area (Å²) in [5, 5.41) is 0. The molecule has 0 atom stereocenters. The highest BCUT2D eigenvalue weighted by molar-refractivity contribution is 5.72. The number of pyridine rings is 2. The summed E-state index contributed by atoms with van der Waals surface area (Å²) in [5.41, 5.74) is 1.50. The van der Waals surface area contributed by atoms with E-state index in [9.17, 15) is 9.59 Å². The van der Waals surface area contributed by atoms with Crippen LogP contribution in [0.4, 0.5) is 0 Å². The van der Waals surface area contributed by atoms with E-state index in [2.05, 4.69) is 4.98 Å². The quantitative estimate of drug-likeness (QED) is 0.772. The average Bonchev–Trinajstić information content (AvgIpc) is 2.44. The molecule has 104 valence electrons. The molecule has 2 rings (SSSR count). The Hall–Kier alpha value is -2.43. The van der Waals surface area contributed by atoms with Crippen molar-refractivity contribution in [1.82, 2.24) is 9.55 Å². The first-order chi connectivity index (χ1) is 9.69. The summed E-state index contributed by atoms with van der Waals surface area (Å²) in [4.78, 5) is 27.2. The van der Waals surface area contributed by atoms with E-state index in [0.29, 0.717) is 13.2 Å². The van der Waals surface area contributed by atoms with Crippen LogP contribution in [0.15, 0.2) is 47.5 Å². The molecule has 20 heavy (non-hydrogen) atoms. The fraction of sp³-hybridized carbons (Fsp3) is 0.267. The van der Waals surface area contributed by atoms with Crippen LogP contribution in [0.5, 0.6) is 0 Å². The first-order valence-electron chi connectivity index (χ1n) is 6.44. The number of hydrogen-bond donors (Lipinski definition) is 0. The van der Waals surface area contributed by atoms with E-state index in [0.717, 1.165) is 11.3 Å². The maximum atomic E-state index is 11.6. The van der Waals surface area contributed by atoms with Gasteiger partial charge in [0.1, 0.15) is 0 Å². The highest BCUT2D eigenvalue weighted by atomic mass is 16.5. The summed E-state index contributed by atoms with van der Waals surface area (Å²) < 4.78 is 6.45. The van der Waals surface area contributed by atoms with Crippen molar-refractivity contribution >= 4 is 5.97 Å². The van der Waals surface area contributed by atoms with Gasteiger partial charge in [-0.3, -0.25) is 14.6 Å². The third-order valence-electron chi connectivity index (χ3n) is 2.77. The zero-order chi connectivity index (χ0) is 14.4. The molecule has 0 radical (unpaired) electrons. The Kier molecular flexibility index (Phi) is 4.65. The van der Waals surface area contributed by atoms with Crippen molar-refractivity contribution in [3.8, 4) is 0 Å². The maximum absolute atomic E-state index is 11.6. The number of esters is 1. The molecule has 2 aromatic heterocycles. The number of rotatable bonds is 5. The first kappa shape index (κ1) is 14.0. The second kappa shape index (κ2) is 6.65. The topological polar surface area (TPSA) is 61.2 Å². The Morgan fingerprint density at radius 1 is 1.30 bits per heavy atom. The van der Waals surface area contributed by atoms with E-state index in [-0.39, 0.29) is 17.9 Å². The minimum absolute atomic E-state index is 0.0649. The molecule has 0 unspecified atom stereocenters. The van der Waals surface area contributed by atoms with Crippen LogP contribution in [0.1, 0.15) is 18.2 Å². The Balaban J connectivity index is 2.03. The molecule has 2 heterocycles. The number of aromatic nitrogens is 2. The lowest BCUT2D eigenvalue weighted by molar-refractivity contribution is -0.142. The van der Waals surface area contributed by atoms with Crippen LogP contribution in [-0.2, 0) is 22.5 Å². The summed E-state index contributed by atoms with van der Waals surface area (Å²) in [6.07, 6.45) is 3.57. The van der Waals surface area contributed by atoms with Crippen LogP contribution in [0.2, 0.25) is 0 Å². The molecule has 0 saturated heterocycles. The van der Waals surface area contributed by atoms with Gasteiger partial charge in [-0.2, -0.15) is 0 Å². The molecular weight excluding hydrogens is 256 g/mol. The second-order valence-corrected chi connectivity index (χ2v) is 4.31. The normalized spacial score (nSPS) is 10.2. The summed E-state index contributed by atoms with van der Waals surface area (Å²) in [6.45, 7) is 2.57. The Morgan fingerprint density at radius 2 is 2.15 bits per heavy atom. The predicted octanol–water partition coefficient (Wildman–Crippen LogP) is 1.40. The second-order valence-electron chi connectivity index (χ2n) is 4.31. The summed E-state index contributed by atoms with van der Waals surface area (Å²) in [6, 6.07) is 8.65. The van der Waals surface area contributed by atoms with E-state index in [1.165, 1.54) is 6.07 Å². The lowest BCUT2D eigenvalue weighted by Gasteiger charge is -2.06. The van der Waals surface area contributed by atoms with Crippen LogP contribution in [-0.4, -0.2) is 22.1 Å². The van der Waals surface area contributed by atoms with Crippen LogP contribution in [0.3, 0.4) is 0 Å². The molecule has 0 aliphatic rings. The third-order valence-corrected chi connectivity index (χ3v) is 2.77. The molecule has 0 fully saturated rings. The third kappa shape index (κ3) is 3.78. The van der Waals surface area contributed by atoms with Crippen molar-refractivity contribution in [3.63, 3.8) is 0 Å². The van der Waals surface area contributed by atoms with Crippen molar-refractivity contribution in [2.24, 2.45) is 0 Å². The van der Waals surface area contributed by atoms with E-state index in [1.807, 2.05) is 12.1 Å². The molecule has 0 aromatic carbocycles. The summed E-state index contributed by atoms with van der Waals surface area (Å²) in [5.74, 6) is -0.263. The molecule has 0 aliphatic heterocycles. The van der Waals surface area contributed by atoms with Crippen molar-refractivity contribution in [2.75, 3.05) is 6.61 Å². The number of nitrogens with zero attached hydrogens (tertiary/aromatic N) is 2. The van der Waals surface area contributed by atoms with Crippen molar-refractivity contribution < 1.29 is 9.53 Å². The number of carbonyl (C=O) groups excluding carboxylic acids is 1. The van der Waals surface area contributed by atoms with Gasteiger partial charge >= 0.3 is 5.97 Å². The van der Waals surface area contributed by atoms with Crippen molar-refractivity contribution in [2.45, 2.75) is 19.9 Å². The van der Waals surface area contributed by atoms with E-state index >= 15 is 0 Å². The molecule has 0 spiro atoms. The molecule has 0 aliphatic carbocycles. The molecule has 2 aromatic rings. The molecular formula is C15H16N2O3. The van der Waals surface area contributed by atoms with E-state index in [4.69, 9.17) is 4.74 Å². The zero-order valence-electron chi connectivity index (χ0n) is 11.3. The Bertz CT molecular complexity index is 632. The fourth-order valence-corrected chi connectivity index (χ4v) is 1.80. The molecule has 0 amide bonds. The van der Waals surface area contributed by atoms with Gasteiger partial charge in [-0.25, -0.2) is 0 Å². The van der Waals surface area contributed by atoms with Gasteiger partial charge in [0.25, 0.3) is 5.56 Å². The summed E-state index contributed by atoms with van der Waals surface area (Å²) >= 11 is 0. The van der Waals surface area contributed by atoms with Gasteiger partial charge in [-0.05, 0) is 24.6 Å². The van der Waals surface area contributed by atoms with Gasteiger partial charge in [0.05, 0.1) is 25.3 Å². The molecule has 5 heteroatoms. The van der Waals surface area contributed by atoms with Crippen molar-refractivity contribution in [3.05, 3.63) is 64.3 Å². The largest absolute Gasteiger partial charge is 0.466 e. The summed E-state index contributed by atoms with van der Waals surface area (Å²) in [7, 11) is 0. The van der Waals surface area contributed by atoms with Gasteiger partial charge in [-0.1, -0.05) is 12.1 Å². The lowest BCUT2D eigenvalue weighted by atomic mass is 10.2. The lowest BCUT2D eigenvalue weighted by Crippen LogP contribution is -2.18. The molecule has 5 nitrogen and oxygen atoms in total. The number of hydrogen-bond acceptors (Lipinski definition) is 4. The molecule has 0 saturated carbocycles. The van der Waals surface area contributed by atoms with Crippen molar-refractivity contribution in [1.29, 1.82) is 0 Å². The monoisotopic (exact) mass is 272 g/mol. The van der Waals surface area contributed by atoms with Crippen LogP contribution in [0, 0.1) is 0 Å². The smallest absolute Gasteiger partial charge is 0.310 e. The van der Waals surface area contributed by atoms with Gasteiger partial charge < -0.3 is 9.30 Å². The standard InChI is InChI=1S/C15H16N2O3/c1-2-20-15(19)9-12-6-7-13(16-10-12)11-17-8-4-3-5-14(17)18/h3-8,10H,2,9,11H2,1H3.